The number of hydrogen-bond donors (Lipinski definition) is 0. The van der Waals surface area contributed by atoms with Crippen molar-refractivity contribution in [1.29, 1.82) is 0 Å². The predicted molar refractivity (Wildman–Crippen MR) is 87.2 cm³/mol. The standard InChI is InChI=1S/C18H16ClNO/c1-12-5-3-8-16-17(13(2)21)11-20(18(12)16)10-14-6-4-7-15(19)9-14/h3-9,11H,10H2,1-2H3. The largest absolute Gasteiger partial charge is 0.342 e. The molecule has 106 valence electrons. The Labute approximate surface area is 129 Å². The van der Waals surface area contributed by atoms with E-state index in [0.717, 1.165) is 27.1 Å². The zero-order valence-corrected chi connectivity index (χ0v) is 12.8. The number of Topliss-reactive ketones (excluding diaryl/α,β-unsaturated/α-hetero) is 1. The first-order chi connectivity index (χ1) is 10.1. The molecule has 1 aromatic heterocycles. The van der Waals surface area contributed by atoms with Crippen LogP contribution in [0, 0.1) is 6.92 Å². The minimum absolute atomic E-state index is 0.0930. The third-order valence-corrected chi connectivity index (χ3v) is 3.96. The molecule has 3 heteroatoms. The second-order valence-corrected chi connectivity index (χ2v) is 5.76. The fraction of sp³-hybridized carbons (Fsp3) is 0.167. The fourth-order valence-electron chi connectivity index (χ4n) is 2.78. The van der Waals surface area contributed by atoms with Crippen molar-refractivity contribution in [3.8, 4) is 0 Å². The van der Waals surface area contributed by atoms with Gasteiger partial charge in [-0.2, -0.15) is 0 Å². The number of rotatable bonds is 3. The lowest BCUT2D eigenvalue weighted by molar-refractivity contribution is 0.101. The first kappa shape index (κ1) is 13.9. The minimum atomic E-state index is 0.0930. The average Bonchev–Trinajstić information content (AvgIpc) is 2.79. The van der Waals surface area contributed by atoms with E-state index >= 15 is 0 Å². The smallest absolute Gasteiger partial charge is 0.161 e. The SMILES string of the molecule is CC(=O)c1cn(Cc2cccc(Cl)c2)c2c(C)cccc12. The van der Waals surface area contributed by atoms with E-state index in [1.165, 1.54) is 5.56 Å². The number of ketones is 1. The number of para-hydroxylation sites is 1. The highest BCUT2D eigenvalue weighted by Crippen LogP contribution is 2.26. The highest BCUT2D eigenvalue weighted by molar-refractivity contribution is 6.30. The number of carbonyl (C=O) groups excluding carboxylic acids is 1. The van der Waals surface area contributed by atoms with E-state index < -0.39 is 0 Å². The number of hydrogen-bond acceptors (Lipinski definition) is 1. The molecule has 0 aliphatic carbocycles. The van der Waals surface area contributed by atoms with Gasteiger partial charge in [0.25, 0.3) is 0 Å². The maximum atomic E-state index is 11.9. The van der Waals surface area contributed by atoms with E-state index in [2.05, 4.69) is 17.6 Å². The Hall–Kier alpha value is -2.06. The quantitative estimate of drug-likeness (QED) is 0.633. The lowest BCUT2D eigenvalue weighted by atomic mass is 10.1. The van der Waals surface area contributed by atoms with Gasteiger partial charge in [0.05, 0.1) is 5.52 Å². The number of benzene rings is 2. The molecule has 0 bridgehead atoms. The van der Waals surface area contributed by atoms with Gasteiger partial charge < -0.3 is 4.57 Å². The number of aromatic nitrogens is 1. The maximum absolute atomic E-state index is 11.9. The summed E-state index contributed by atoms with van der Waals surface area (Å²) >= 11 is 6.05. The van der Waals surface area contributed by atoms with Crippen LogP contribution in [0.4, 0.5) is 0 Å². The highest BCUT2D eigenvalue weighted by Gasteiger charge is 2.13. The third-order valence-electron chi connectivity index (χ3n) is 3.72. The molecule has 3 aromatic rings. The summed E-state index contributed by atoms with van der Waals surface area (Å²) in [6, 6.07) is 13.9. The van der Waals surface area contributed by atoms with E-state index in [1.54, 1.807) is 6.92 Å². The Morgan fingerprint density at radius 1 is 1.19 bits per heavy atom. The van der Waals surface area contributed by atoms with Crippen molar-refractivity contribution < 1.29 is 4.79 Å². The molecule has 2 aromatic carbocycles. The van der Waals surface area contributed by atoms with Gasteiger partial charge in [-0.3, -0.25) is 4.79 Å². The van der Waals surface area contributed by atoms with Gasteiger partial charge in [-0.1, -0.05) is 41.9 Å². The first-order valence-corrected chi connectivity index (χ1v) is 7.28. The molecule has 2 nitrogen and oxygen atoms in total. The van der Waals surface area contributed by atoms with Crippen molar-refractivity contribution in [2.45, 2.75) is 20.4 Å². The topological polar surface area (TPSA) is 22.0 Å². The molecule has 0 N–H and O–H groups in total. The lowest BCUT2D eigenvalue weighted by Gasteiger charge is -2.08. The van der Waals surface area contributed by atoms with E-state index in [-0.39, 0.29) is 5.78 Å². The third kappa shape index (κ3) is 2.59. The second kappa shape index (κ2) is 5.38. The van der Waals surface area contributed by atoms with Gasteiger partial charge in [0.15, 0.2) is 5.78 Å². The van der Waals surface area contributed by atoms with Crippen LogP contribution in [0.15, 0.2) is 48.7 Å². The van der Waals surface area contributed by atoms with Crippen molar-refractivity contribution in [3.63, 3.8) is 0 Å². The summed E-state index contributed by atoms with van der Waals surface area (Å²) in [5.74, 6) is 0.0930. The van der Waals surface area contributed by atoms with Crippen LogP contribution in [0.25, 0.3) is 10.9 Å². The van der Waals surface area contributed by atoms with Crippen molar-refractivity contribution >= 4 is 28.3 Å². The number of halogens is 1. The number of fused-ring (bicyclic) bond motifs is 1. The van der Waals surface area contributed by atoms with Gasteiger partial charge in [0.1, 0.15) is 0 Å². The van der Waals surface area contributed by atoms with Crippen LogP contribution >= 0.6 is 11.6 Å². The molecule has 0 amide bonds. The summed E-state index contributed by atoms with van der Waals surface area (Å²) in [7, 11) is 0. The predicted octanol–water partition coefficient (Wildman–Crippen LogP) is 4.85. The van der Waals surface area contributed by atoms with E-state index in [0.29, 0.717) is 6.54 Å². The van der Waals surface area contributed by atoms with Crippen LogP contribution in [-0.2, 0) is 6.54 Å². The van der Waals surface area contributed by atoms with Crippen LogP contribution in [0.1, 0.15) is 28.4 Å². The minimum Gasteiger partial charge on any atom is -0.342 e. The van der Waals surface area contributed by atoms with Gasteiger partial charge in [-0.15, -0.1) is 0 Å². The molecule has 0 atom stereocenters. The summed E-state index contributed by atoms with van der Waals surface area (Å²) in [5, 5.41) is 1.75. The van der Waals surface area contributed by atoms with Gasteiger partial charge in [-0.05, 0) is 37.1 Å². The normalized spacial score (nSPS) is 11.0. The first-order valence-electron chi connectivity index (χ1n) is 6.90. The molecule has 1 heterocycles. The van der Waals surface area contributed by atoms with Crippen LogP contribution in [0.3, 0.4) is 0 Å². The highest BCUT2D eigenvalue weighted by atomic mass is 35.5. The van der Waals surface area contributed by atoms with Gasteiger partial charge in [0, 0.05) is 28.7 Å². The van der Waals surface area contributed by atoms with Crippen LogP contribution in [0.5, 0.6) is 0 Å². The number of aryl methyl sites for hydroxylation is 1. The van der Waals surface area contributed by atoms with Gasteiger partial charge >= 0.3 is 0 Å². The number of carbonyl (C=O) groups is 1. The molecule has 0 aliphatic rings. The summed E-state index contributed by atoms with van der Waals surface area (Å²) in [6.07, 6.45) is 1.95. The molecule has 0 aliphatic heterocycles. The van der Waals surface area contributed by atoms with Crippen molar-refractivity contribution in [2.75, 3.05) is 0 Å². The van der Waals surface area contributed by atoms with Gasteiger partial charge in [-0.25, -0.2) is 0 Å². The summed E-state index contributed by atoms with van der Waals surface area (Å²) in [4.78, 5) is 11.9. The monoisotopic (exact) mass is 297 g/mol. The van der Waals surface area contributed by atoms with Crippen molar-refractivity contribution in [2.24, 2.45) is 0 Å². The Morgan fingerprint density at radius 2 is 1.95 bits per heavy atom. The average molecular weight is 298 g/mol. The molecule has 0 radical (unpaired) electrons. The number of nitrogens with zero attached hydrogens (tertiary/aromatic N) is 1. The summed E-state index contributed by atoms with van der Waals surface area (Å²) in [6.45, 7) is 4.39. The maximum Gasteiger partial charge on any atom is 0.161 e. The second-order valence-electron chi connectivity index (χ2n) is 5.33. The summed E-state index contributed by atoms with van der Waals surface area (Å²) in [5.41, 5.74) is 4.18. The van der Waals surface area contributed by atoms with Crippen molar-refractivity contribution in [1.82, 2.24) is 4.57 Å². The van der Waals surface area contributed by atoms with Gasteiger partial charge in [0.2, 0.25) is 0 Å². The summed E-state index contributed by atoms with van der Waals surface area (Å²) < 4.78 is 2.13. The molecule has 21 heavy (non-hydrogen) atoms. The Kier molecular flexibility index (Phi) is 3.56. The van der Waals surface area contributed by atoms with Crippen LogP contribution in [-0.4, -0.2) is 10.4 Å². The Balaban J connectivity index is 2.16. The Morgan fingerprint density at radius 3 is 2.67 bits per heavy atom. The van der Waals surface area contributed by atoms with E-state index in [9.17, 15) is 4.79 Å². The molecule has 0 saturated carbocycles. The molecule has 3 rings (SSSR count). The van der Waals surface area contributed by atoms with E-state index in [1.807, 2.05) is 42.6 Å². The van der Waals surface area contributed by atoms with E-state index in [4.69, 9.17) is 11.6 Å². The van der Waals surface area contributed by atoms with Crippen molar-refractivity contribution in [3.05, 3.63) is 70.4 Å². The lowest BCUT2D eigenvalue weighted by Crippen LogP contribution is -1.99. The Bertz CT molecular complexity index is 832. The molecule has 0 spiro atoms. The van der Waals surface area contributed by atoms with Crippen LogP contribution < -0.4 is 0 Å². The zero-order valence-electron chi connectivity index (χ0n) is 12.1. The zero-order chi connectivity index (χ0) is 15.0. The molecule has 0 saturated heterocycles. The molecular formula is C18H16ClNO. The molecule has 0 fully saturated rings. The molecular weight excluding hydrogens is 282 g/mol. The molecule has 0 unspecified atom stereocenters. The fourth-order valence-corrected chi connectivity index (χ4v) is 3.00. The van der Waals surface area contributed by atoms with Crippen LogP contribution in [0.2, 0.25) is 5.02 Å².